The number of rotatable bonds is 4. The van der Waals surface area contributed by atoms with Crippen molar-refractivity contribution in [3.63, 3.8) is 0 Å². The molecule has 2 unspecified atom stereocenters. The Kier molecular flexibility index (Phi) is 7.08. The van der Waals surface area contributed by atoms with Gasteiger partial charge in [-0.25, -0.2) is 9.18 Å². The molecule has 2 saturated heterocycles. The van der Waals surface area contributed by atoms with E-state index in [1.807, 2.05) is 0 Å². The van der Waals surface area contributed by atoms with Crippen molar-refractivity contribution < 1.29 is 18.7 Å². The third-order valence-electron chi connectivity index (χ3n) is 5.44. The summed E-state index contributed by atoms with van der Waals surface area (Å²) < 4.78 is 19.6. The average molecular weight is 407 g/mol. The quantitative estimate of drug-likeness (QED) is 0.806. The minimum Gasteiger partial charge on any atom is -0.373 e. The fourth-order valence-corrected chi connectivity index (χ4v) is 4.21. The van der Waals surface area contributed by atoms with Crippen LogP contribution < -0.4 is 10.6 Å². The van der Waals surface area contributed by atoms with E-state index in [-0.39, 0.29) is 29.8 Å². The first-order valence-electron chi connectivity index (χ1n) is 10.3. The molecule has 1 aromatic rings. The van der Waals surface area contributed by atoms with E-state index >= 15 is 0 Å². The minimum absolute atomic E-state index is 0.0583. The van der Waals surface area contributed by atoms with E-state index in [4.69, 9.17) is 4.74 Å². The van der Waals surface area contributed by atoms with Gasteiger partial charge in [0, 0.05) is 45.3 Å². The van der Waals surface area contributed by atoms with Crippen LogP contribution in [0, 0.1) is 11.7 Å². The molecule has 0 aromatic heterocycles. The highest BCUT2D eigenvalue weighted by Gasteiger charge is 2.28. The highest BCUT2D eigenvalue weighted by molar-refractivity contribution is 5.92. The van der Waals surface area contributed by atoms with Gasteiger partial charge in [0.2, 0.25) is 5.91 Å². The Morgan fingerprint density at radius 1 is 1.14 bits per heavy atom. The molecule has 7 nitrogen and oxygen atoms in total. The van der Waals surface area contributed by atoms with E-state index in [9.17, 15) is 14.0 Å². The molecule has 0 spiro atoms. The minimum atomic E-state index is -0.536. The molecule has 1 aromatic carbocycles. The van der Waals surface area contributed by atoms with E-state index < -0.39 is 5.82 Å². The first-order chi connectivity index (χ1) is 13.8. The van der Waals surface area contributed by atoms with Crippen molar-refractivity contribution in [3.05, 3.63) is 24.0 Å². The monoisotopic (exact) mass is 406 g/mol. The molecule has 0 bridgehead atoms. The molecule has 0 aliphatic carbocycles. The molecule has 2 aliphatic rings. The van der Waals surface area contributed by atoms with Crippen molar-refractivity contribution in [2.45, 2.75) is 45.8 Å². The van der Waals surface area contributed by atoms with Crippen LogP contribution in [0.3, 0.4) is 0 Å². The Labute approximate surface area is 171 Å². The Morgan fingerprint density at radius 2 is 1.79 bits per heavy atom. The summed E-state index contributed by atoms with van der Waals surface area (Å²) in [6.45, 7) is 9.92. The molecule has 3 amide bonds. The number of hydrogen-bond donors (Lipinski definition) is 2. The number of likely N-dealkylation sites (tertiary alicyclic amines) is 1. The number of hydrogen-bond acceptors (Lipinski definition) is 4. The zero-order chi connectivity index (χ0) is 21.0. The Morgan fingerprint density at radius 3 is 2.41 bits per heavy atom. The number of ether oxygens (including phenoxy) is 1. The second kappa shape index (κ2) is 9.54. The summed E-state index contributed by atoms with van der Waals surface area (Å²) in [6, 6.07) is 3.96. The third kappa shape index (κ3) is 6.14. The number of anilines is 2. The number of piperidine rings is 1. The van der Waals surface area contributed by atoms with Gasteiger partial charge >= 0.3 is 6.03 Å². The highest BCUT2D eigenvalue weighted by atomic mass is 19.1. The fourth-order valence-electron chi connectivity index (χ4n) is 4.21. The Balaban J connectivity index is 1.48. The average Bonchev–Trinajstić information content (AvgIpc) is 2.64. The first-order valence-corrected chi connectivity index (χ1v) is 10.3. The van der Waals surface area contributed by atoms with Gasteiger partial charge in [-0.3, -0.25) is 9.69 Å². The molecular formula is C21H31FN4O3. The summed E-state index contributed by atoms with van der Waals surface area (Å²) in [6.07, 6.45) is 2.47. The number of morpholine rings is 1. The van der Waals surface area contributed by atoms with Crippen molar-refractivity contribution in [1.29, 1.82) is 0 Å². The molecule has 2 fully saturated rings. The molecular weight excluding hydrogens is 375 g/mol. The standard InChI is InChI=1S/C21H31FN4O3/c1-14-11-25(12-15(2)29-14)13-17-6-8-26(9-7-17)21(28)24-18-4-5-19(22)20(10-18)23-16(3)27/h4-5,10,14-15,17H,6-9,11-13H2,1-3H3,(H,23,27)(H,24,28). The predicted molar refractivity (Wildman–Crippen MR) is 110 cm³/mol. The van der Waals surface area contributed by atoms with Gasteiger partial charge < -0.3 is 20.3 Å². The van der Waals surface area contributed by atoms with Gasteiger partial charge in [0.1, 0.15) is 5.82 Å². The van der Waals surface area contributed by atoms with E-state index in [1.54, 1.807) is 4.90 Å². The lowest BCUT2D eigenvalue weighted by Crippen LogP contribution is -2.49. The van der Waals surface area contributed by atoms with Gasteiger partial charge in [0.15, 0.2) is 0 Å². The second-order valence-electron chi connectivity index (χ2n) is 8.21. The van der Waals surface area contributed by atoms with Crippen molar-refractivity contribution in [3.8, 4) is 0 Å². The summed E-state index contributed by atoms with van der Waals surface area (Å²) in [7, 11) is 0. The van der Waals surface area contributed by atoms with Crippen molar-refractivity contribution >= 4 is 23.3 Å². The maximum atomic E-state index is 13.8. The molecule has 2 atom stereocenters. The van der Waals surface area contributed by atoms with Gasteiger partial charge in [-0.2, -0.15) is 0 Å². The fraction of sp³-hybridized carbons (Fsp3) is 0.619. The molecule has 2 aliphatic heterocycles. The maximum absolute atomic E-state index is 13.8. The number of carbonyl (C=O) groups is 2. The lowest BCUT2D eigenvalue weighted by molar-refractivity contribution is -0.114. The number of amides is 3. The van der Waals surface area contributed by atoms with Crippen LogP contribution in [0.2, 0.25) is 0 Å². The van der Waals surface area contributed by atoms with Gasteiger partial charge in [0.25, 0.3) is 0 Å². The van der Waals surface area contributed by atoms with Crippen LogP contribution in [0.4, 0.5) is 20.6 Å². The zero-order valence-electron chi connectivity index (χ0n) is 17.4. The van der Waals surface area contributed by atoms with Crippen molar-refractivity contribution in [2.75, 3.05) is 43.4 Å². The number of halogens is 1. The second-order valence-corrected chi connectivity index (χ2v) is 8.21. The topological polar surface area (TPSA) is 73.9 Å². The van der Waals surface area contributed by atoms with Crippen molar-refractivity contribution in [1.82, 2.24) is 9.80 Å². The Hall–Kier alpha value is -2.19. The van der Waals surface area contributed by atoms with E-state index in [0.717, 1.165) is 32.5 Å². The SMILES string of the molecule is CC(=O)Nc1cc(NC(=O)N2CCC(CN3CC(C)OC(C)C3)CC2)ccc1F. The van der Waals surface area contributed by atoms with Crippen LogP contribution >= 0.6 is 0 Å². The van der Waals surface area contributed by atoms with Gasteiger partial charge in [-0.05, 0) is 50.8 Å². The molecule has 8 heteroatoms. The lowest BCUT2D eigenvalue weighted by atomic mass is 9.96. The largest absolute Gasteiger partial charge is 0.373 e. The lowest BCUT2D eigenvalue weighted by Gasteiger charge is -2.39. The van der Waals surface area contributed by atoms with Crippen LogP contribution in [0.25, 0.3) is 0 Å². The van der Waals surface area contributed by atoms with Crippen LogP contribution in [0.1, 0.15) is 33.6 Å². The van der Waals surface area contributed by atoms with Crippen LogP contribution in [0.15, 0.2) is 18.2 Å². The van der Waals surface area contributed by atoms with Gasteiger partial charge in [-0.1, -0.05) is 0 Å². The van der Waals surface area contributed by atoms with Crippen LogP contribution in [0.5, 0.6) is 0 Å². The number of nitrogens with one attached hydrogen (secondary N) is 2. The van der Waals surface area contributed by atoms with Gasteiger partial charge in [-0.15, -0.1) is 0 Å². The third-order valence-corrected chi connectivity index (χ3v) is 5.44. The number of carbonyl (C=O) groups excluding carboxylic acids is 2. The number of nitrogens with zero attached hydrogens (tertiary/aromatic N) is 2. The molecule has 2 N–H and O–H groups in total. The predicted octanol–water partition coefficient (Wildman–Crippen LogP) is 3.14. The number of urea groups is 1. The maximum Gasteiger partial charge on any atom is 0.321 e. The van der Waals surface area contributed by atoms with Crippen molar-refractivity contribution in [2.24, 2.45) is 5.92 Å². The zero-order valence-corrected chi connectivity index (χ0v) is 17.4. The van der Waals surface area contributed by atoms with Crippen LogP contribution in [-0.4, -0.2) is 66.7 Å². The molecule has 160 valence electrons. The summed E-state index contributed by atoms with van der Waals surface area (Å²) in [5, 5.41) is 5.23. The molecule has 0 radical (unpaired) electrons. The summed E-state index contributed by atoms with van der Waals surface area (Å²) >= 11 is 0. The Bertz CT molecular complexity index is 727. The van der Waals surface area contributed by atoms with E-state index in [2.05, 4.69) is 29.4 Å². The smallest absolute Gasteiger partial charge is 0.321 e. The molecule has 3 rings (SSSR count). The first kappa shape index (κ1) is 21.5. The molecule has 29 heavy (non-hydrogen) atoms. The summed E-state index contributed by atoms with van der Waals surface area (Å²) in [5.41, 5.74) is 0.515. The van der Waals surface area contributed by atoms with E-state index in [0.29, 0.717) is 24.7 Å². The molecule has 0 saturated carbocycles. The van der Waals surface area contributed by atoms with Gasteiger partial charge in [0.05, 0.1) is 17.9 Å². The van der Waals surface area contributed by atoms with Crippen LogP contribution in [-0.2, 0) is 9.53 Å². The highest BCUT2D eigenvalue weighted by Crippen LogP contribution is 2.23. The van der Waals surface area contributed by atoms with E-state index in [1.165, 1.54) is 25.1 Å². The molecule has 2 heterocycles. The normalized spacial score (nSPS) is 23.7. The summed E-state index contributed by atoms with van der Waals surface area (Å²) in [4.78, 5) is 28.0. The summed E-state index contributed by atoms with van der Waals surface area (Å²) in [5.74, 6) is -0.321. The number of benzene rings is 1.